The summed E-state index contributed by atoms with van der Waals surface area (Å²) >= 11 is 6.46. The summed E-state index contributed by atoms with van der Waals surface area (Å²) in [5, 5.41) is 12.0. The summed E-state index contributed by atoms with van der Waals surface area (Å²) in [5.41, 5.74) is 2.03. The molecule has 0 aliphatic heterocycles. The molecule has 36 heavy (non-hydrogen) atoms. The van der Waals surface area contributed by atoms with Crippen LogP contribution in [0.25, 0.3) is 10.8 Å². The van der Waals surface area contributed by atoms with Gasteiger partial charge in [-0.2, -0.15) is 4.98 Å². The molecule has 0 saturated carbocycles. The Kier molecular flexibility index (Phi) is 7.99. The zero-order valence-corrected chi connectivity index (χ0v) is 21.0. The Morgan fingerprint density at radius 2 is 1.89 bits per heavy atom. The number of likely N-dealkylation sites (N-methyl/N-ethyl adjacent to an activating group) is 1. The van der Waals surface area contributed by atoms with Gasteiger partial charge in [0.25, 0.3) is 0 Å². The van der Waals surface area contributed by atoms with Crippen molar-refractivity contribution in [2.45, 2.75) is 0 Å². The van der Waals surface area contributed by atoms with Crippen molar-refractivity contribution >= 4 is 57.1 Å². The summed E-state index contributed by atoms with van der Waals surface area (Å²) in [7, 11) is 5.45. The molecule has 1 aromatic heterocycles. The molecule has 0 radical (unpaired) electrons. The largest absolute Gasteiger partial charge is 0.495 e. The second kappa shape index (κ2) is 11.5. The molecular weight excluding hydrogens is 476 g/mol. The lowest BCUT2D eigenvalue weighted by atomic mass is 10.1. The van der Waals surface area contributed by atoms with E-state index in [1.54, 1.807) is 43.6 Å². The highest BCUT2D eigenvalue weighted by atomic mass is 35.5. The van der Waals surface area contributed by atoms with Crippen LogP contribution >= 0.6 is 11.6 Å². The average Bonchev–Trinajstić information content (AvgIpc) is 2.84. The van der Waals surface area contributed by atoms with Crippen LogP contribution in [0, 0.1) is 0 Å². The van der Waals surface area contributed by atoms with Crippen molar-refractivity contribution in [1.82, 2.24) is 14.9 Å². The molecule has 0 saturated heterocycles. The van der Waals surface area contributed by atoms with Crippen molar-refractivity contribution in [2.24, 2.45) is 0 Å². The Labute approximate surface area is 215 Å². The van der Waals surface area contributed by atoms with Gasteiger partial charge in [0.2, 0.25) is 11.9 Å². The number of fused-ring (bicyclic) bond motifs is 1. The number of hydrogen-bond acceptors (Lipinski definition) is 7. The molecule has 0 atom stereocenters. The molecule has 0 spiro atoms. The van der Waals surface area contributed by atoms with Crippen LogP contribution in [0.5, 0.6) is 5.75 Å². The summed E-state index contributed by atoms with van der Waals surface area (Å²) in [5.74, 6) is 1.32. The number of nitrogens with one attached hydrogen (secondary N) is 3. The van der Waals surface area contributed by atoms with E-state index in [1.807, 2.05) is 55.4 Å². The van der Waals surface area contributed by atoms with E-state index in [2.05, 4.69) is 25.9 Å². The van der Waals surface area contributed by atoms with Crippen molar-refractivity contribution in [3.8, 4) is 5.75 Å². The fraction of sp³-hybridized carbons (Fsp3) is 0.148. The maximum atomic E-state index is 12.2. The van der Waals surface area contributed by atoms with Crippen LogP contribution in [0.3, 0.4) is 0 Å². The number of carbonyl (C=O) groups is 1. The third kappa shape index (κ3) is 6.50. The van der Waals surface area contributed by atoms with Gasteiger partial charge in [0.15, 0.2) is 0 Å². The number of halogens is 1. The first-order valence-corrected chi connectivity index (χ1v) is 11.6. The Hall–Kier alpha value is -4.14. The van der Waals surface area contributed by atoms with E-state index in [0.717, 1.165) is 16.5 Å². The van der Waals surface area contributed by atoms with Crippen LogP contribution in [0.1, 0.15) is 0 Å². The van der Waals surface area contributed by atoms with Gasteiger partial charge in [-0.15, -0.1) is 0 Å². The van der Waals surface area contributed by atoms with Gasteiger partial charge in [0.05, 0.1) is 17.8 Å². The number of methoxy groups -OCH3 is 1. The molecular formula is C27H27ClN6O2. The number of nitrogens with zero attached hydrogens (tertiary/aromatic N) is 3. The summed E-state index contributed by atoms with van der Waals surface area (Å²) in [4.78, 5) is 23.1. The second-order valence-electron chi connectivity index (χ2n) is 8.26. The van der Waals surface area contributed by atoms with Gasteiger partial charge in [-0.25, -0.2) is 4.98 Å². The van der Waals surface area contributed by atoms with Crippen molar-refractivity contribution in [2.75, 3.05) is 43.7 Å². The van der Waals surface area contributed by atoms with Crippen molar-refractivity contribution in [3.05, 3.63) is 84.0 Å². The standard InChI is InChI=1S/C27H27ClN6O2/c1-34(2)14-6-9-26(35)31-19-10-11-24(36-3)23(17-19)32-27-29-13-12-25(33-27)30-20-15-18-7-4-5-8-21(18)22(28)16-20/h4-13,15-17H,14H2,1-3H3,(H,31,35)(H2,29,30,32,33)/b9-6+. The van der Waals surface area contributed by atoms with Gasteiger partial charge in [0.1, 0.15) is 11.6 Å². The molecule has 0 aliphatic carbocycles. The Balaban J connectivity index is 1.51. The van der Waals surface area contributed by atoms with Gasteiger partial charge in [-0.1, -0.05) is 41.9 Å². The summed E-state index contributed by atoms with van der Waals surface area (Å²) < 4.78 is 5.47. The number of rotatable bonds is 9. The van der Waals surface area contributed by atoms with Crippen LogP contribution in [-0.4, -0.2) is 48.5 Å². The number of benzene rings is 3. The first kappa shape index (κ1) is 25.0. The number of ether oxygens (including phenoxy) is 1. The average molecular weight is 503 g/mol. The van der Waals surface area contributed by atoms with Crippen molar-refractivity contribution in [3.63, 3.8) is 0 Å². The third-order valence-electron chi connectivity index (χ3n) is 5.19. The minimum absolute atomic E-state index is 0.218. The van der Waals surface area contributed by atoms with Crippen LogP contribution in [0.4, 0.5) is 28.8 Å². The molecule has 9 heteroatoms. The molecule has 0 unspecified atom stereocenters. The fourth-order valence-corrected chi connectivity index (χ4v) is 3.82. The highest BCUT2D eigenvalue weighted by Crippen LogP contribution is 2.31. The Morgan fingerprint density at radius 3 is 2.69 bits per heavy atom. The molecule has 0 fully saturated rings. The molecule has 8 nitrogen and oxygen atoms in total. The fourth-order valence-electron chi connectivity index (χ4n) is 3.53. The number of hydrogen-bond donors (Lipinski definition) is 3. The number of carbonyl (C=O) groups excluding carboxylic acids is 1. The first-order chi connectivity index (χ1) is 17.4. The maximum absolute atomic E-state index is 12.2. The topological polar surface area (TPSA) is 91.4 Å². The number of amides is 1. The molecule has 3 aromatic carbocycles. The zero-order valence-electron chi connectivity index (χ0n) is 20.2. The van der Waals surface area contributed by atoms with E-state index in [-0.39, 0.29) is 5.91 Å². The van der Waals surface area contributed by atoms with E-state index in [9.17, 15) is 4.79 Å². The van der Waals surface area contributed by atoms with E-state index < -0.39 is 0 Å². The molecule has 4 aromatic rings. The Morgan fingerprint density at radius 1 is 1.06 bits per heavy atom. The monoisotopic (exact) mass is 502 g/mol. The van der Waals surface area contributed by atoms with Crippen molar-refractivity contribution in [1.29, 1.82) is 0 Å². The summed E-state index contributed by atoms with van der Waals surface area (Å²) in [6.45, 7) is 0.677. The second-order valence-corrected chi connectivity index (χ2v) is 8.67. The lowest BCUT2D eigenvalue weighted by Crippen LogP contribution is -2.13. The SMILES string of the molecule is COc1ccc(NC(=O)/C=C/CN(C)C)cc1Nc1nccc(Nc2cc(Cl)c3ccccc3c2)n1. The molecule has 1 amide bonds. The summed E-state index contributed by atoms with van der Waals surface area (Å²) in [6, 6.07) is 18.9. The van der Waals surface area contributed by atoms with Crippen LogP contribution in [0.15, 0.2) is 79.0 Å². The van der Waals surface area contributed by atoms with E-state index >= 15 is 0 Å². The number of anilines is 5. The maximum Gasteiger partial charge on any atom is 0.248 e. The lowest BCUT2D eigenvalue weighted by molar-refractivity contribution is -0.111. The molecule has 1 heterocycles. The molecule has 4 rings (SSSR count). The zero-order chi connectivity index (χ0) is 25.5. The van der Waals surface area contributed by atoms with Crippen LogP contribution in [-0.2, 0) is 4.79 Å². The smallest absolute Gasteiger partial charge is 0.248 e. The van der Waals surface area contributed by atoms with Gasteiger partial charge >= 0.3 is 0 Å². The Bertz CT molecular complexity index is 1410. The summed E-state index contributed by atoms with van der Waals surface area (Å²) in [6.07, 6.45) is 4.95. The van der Waals surface area contributed by atoms with Crippen LogP contribution in [0.2, 0.25) is 5.02 Å². The normalized spacial score (nSPS) is 11.1. The quantitative estimate of drug-likeness (QED) is 0.248. The molecule has 0 bridgehead atoms. The van der Waals surface area contributed by atoms with Gasteiger partial charge < -0.3 is 25.6 Å². The molecule has 0 aliphatic rings. The highest BCUT2D eigenvalue weighted by molar-refractivity contribution is 6.35. The molecule has 3 N–H and O–H groups in total. The first-order valence-electron chi connectivity index (χ1n) is 11.3. The minimum Gasteiger partial charge on any atom is -0.495 e. The van der Waals surface area contributed by atoms with E-state index in [0.29, 0.717) is 40.5 Å². The van der Waals surface area contributed by atoms with E-state index in [1.165, 1.54) is 6.08 Å². The third-order valence-corrected chi connectivity index (χ3v) is 5.51. The predicted octanol–water partition coefficient (Wildman–Crippen LogP) is 5.84. The van der Waals surface area contributed by atoms with Gasteiger partial charge in [-0.3, -0.25) is 4.79 Å². The van der Waals surface area contributed by atoms with E-state index in [4.69, 9.17) is 16.3 Å². The predicted molar refractivity (Wildman–Crippen MR) is 147 cm³/mol. The van der Waals surface area contributed by atoms with Gasteiger partial charge in [0, 0.05) is 35.6 Å². The number of aromatic nitrogens is 2. The highest BCUT2D eigenvalue weighted by Gasteiger charge is 2.09. The lowest BCUT2D eigenvalue weighted by Gasteiger charge is -2.13. The van der Waals surface area contributed by atoms with Crippen LogP contribution < -0.4 is 20.7 Å². The van der Waals surface area contributed by atoms with Gasteiger partial charge in [-0.05, 0) is 55.9 Å². The minimum atomic E-state index is -0.218. The van der Waals surface area contributed by atoms with Crippen molar-refractivity contribution < 1.29 is 9.53 Å². The molecule has 184 valence electrons.